The highest BCUT2D eigenvalue weighted by Crippen LogP contribution is 2.33. The molecule has 1 fully saturated rings. The number of aromatic nitrogens is 2. The van der Waals surface area contributed by atoms with Crippen molar-refractivity contribution in [3.8, 4) is 22.5 Å². The van der Waals surface area contributed by atoms with Crippen LogP contribution in [-0.2, 0) is 0 Å². The molecule has 0 saturated carbocycles. The number of piperazine rings is 1. The molecule has 0 amide bonds. The minimum Gasteiger partial charge on any atom is -0.454 e. The van der Waals surface area contributed by atoms with E-state index in [0.29, 0.717) is 0 Å². The summed E-state index contributed by atoms with van der Waals surface area (Å²) < 4.78 is 6.18. The molecule has 0 radical (unpaired) electrons. The summed E-state index contributed by atoms with van der Waals surface area (Å²) in [6.45, 7) is 4.09. The second-order valence-electron chi connectivity index (χ2n) is 6.91. The van der Waals surface area contributed by atoms with Gasteiger partial charge in [-0.3, -0.25) is 9.78 Å². The molecule has 28 heavy (non-hydrogen) atoms. The minimum atomic E-state index is -0.126. The van der Waals surface area contributed by atoms with Gasteiger partial charge in [-0.15, -0.1) is 0 Å². The first-order valence-electron chi connectivity index (χ1n) is 9.42. The quantitative estimate of drug-likeness (QED) is 0.577. The number of furan rings is 1. The Balaban J connectivity index is 1.50. The number of hydrogen-bond donors (Lipinski definition) is 2. The SMILES string of the molecule is O=c1ccc(-c2ccnc3cc(-c4ccc(N5CCNCC5)cc4)oc23)c[nH]1. The zero-order chi connectivity index (χ0) is 18.9. The molecule has 0 aliphatic carbocycles. The van der Waals surface area contributed by atoms with Crippen molar-refractivity contribution < 1.29 is 4.42 Å². The van der Waals surface area contributed by atoms with Gasteiger partial charge >= 0.3 is 0 Å². The molecule has 0 spiro atoms. The number of nitrogens with zero attached hydrogens (tertiary/aromatic N) is 2. The molecule has 0 unspecified atom stereocenters. The average molecular weight is 372 g/mol. The molecule has 1 aliphatic heterocycles. The molecule has 2 N–H and O–H groups in total. The number of benzene rings is 1. The van der Waals surface area contributed by atoms with Gasteiger partial charge in [0.05, 0.1) is 0 Å². The minimum absolute atomic E-state index is 0.126. The molecule has 140 valence electrons. The summed E-state index contributed by atoms with van der Waals surface area (Å²) in [6, 6.07) is 15.6. The van der Waals surface area contributed by atoms with Gasteiger partial charge in [0, 0.05) is 73.1 Å². The van der Waals surface area contributed by atoms with Gasteiger partial charge in [0.15, 0.2) is 5.58 Å². The van der Waals surface area contributed by atoms with E-state index >= 15 is 0 Å². The predicted octanol–water partition coefficient (Wildman–Crippen LogP) is 3.26. The van der Waals surface area contributed by atoms with Gasteiger partial charge in [-0.1, -0.05) is 0 Å². The number of aromatic amines is 1. The lowest BCUT2D eigenvalue weighted by Gasteiger charge is -2.29. The Morgan fingerprint density at radius 2 is 1.75 bits per heavy atom. The van der Waals surface area contributed by atoms with Crippen molar-refractivity contribution in [2.24, 2.45) is 0 Å². The molecule has 4 aromatic rings. The van der Waals surface area contributed by atoms with Gasteiger partial charge in [-0.25, -0.2) is 0 Å². The van der Waals surface area contributed by atoms with E-state index in [1.165, 1.54) is 11.8 Å². The fourth-order valence-corrected chi connectivity index (χ4v) is 3.65. The Hall–Kier alpha value is -3.38. The van der Waals surface area contributed by atoms with E-state index in [9.17, 15) is 4.79 Å². The van der Waals surface area contributed by atoms with Crippen molar-refractivity contribution in [1.29, 1.82) is 0 Å². The number of pyridine rings is 2. The molecule has 4 heterocycles. The predicted molar refractivity (Wildman–Crippen MR) is 111 cm³/mol. The largest absolute Gasteiger partial charge is 0.454 e. The molecule has 1 saturated heterocycles. The van der Waals surface area contributed by atoms with E-state index in [-0.39, 0.29) is 5.56 Å². The van der Waals surface area contributed by atoms with Gasteiger partial charge < -0.3 is 19.6 Å². The summed E-state index contributed by atoms with van der Waals surface area (Å²) in [4.78, 5) is 20.9. The number of nitrogens with one attached hydrogen (secondary N) is 2. The third-order valence-electron chi connectivity index (χ3n) is 5.14. The smallest absolute Gasteiger partial charge is 0.247 e. The Morgan fingerprint density at radius 1 is 0.964 bits per heavy atom. The van der Waals surface area contributed by atoms with Crippen molar-refractivity contribution in [3.63, 3.8) is 0 Å². The zero-order valence-corrected chi connectivity index (χ0v) is 15.3. The standard InChI is InChI=1S/C22H20N4O2/c27-21-6-3-16(14-25-21)18-7-8-24-19-13-20(28-22(18)19)15-1-4-17(5-2-15)26-11-9-23-10-12-26/h1-8,13-14,23H,9-12H2,(H,25,27). The maximum Gasteiger partial charge on any atom is 0.247 e. The fourth-order valence-electron chi connectivity index (χ4n) is 3.65. The first-order chi connectivity index (χ1) is 13.8. The van der Waals surface area contributed by atoms with Gasteiger partial charge in [0.1, 0.15) is 11.3 Å². The maximum atomic E-state index is 11.3. The van der Waals surface area contributed by atoms with Crippen LogP contribution in [-0.4, -0.2) is 36.1 Å². The van der Waals surface area contributed by atoms with E-state index in [1.54, 1.807) is 18.5 Å². The second kappa shape index (κ2) is 6.98. The van der Waals surface area contributed by atoms with Crippen LogP contribution in [0.25, 0.3) is 33.6 Å². The van der Waals surface area contributed by atoms with Crippen molar-refractivity contribution >= 4 is 16.8 Å². The van der Waals surface area contributed by atoms with E-state index in [1.807, 2.05) is 12.1 Å². The van der Waals surface area contributed by atoms with Crippen molar-refractivity contribution in [2.75, 3.05) is 31.1 Å². The number of rotatable bonds is 3. The molecule has 6 heteroatoms. The summed E-state index contributed by atoms with van der Waals surface area (Å²) in [6.07, 6.45) is 3.46. The molecule has 1 aliphatic rings. The topological polar surface area (TPSA) is 74.2 Å². The van der Waals surface area contributed by atoms with Gasteiger partial charge in [0.2, 0.25) is 5.56 Å². The lowest BCUT2D eigenvalue weighted by atomic mass is 10.1. The zero-order valence-electron chi connectivity index (χ0n) is 15.3. The van der Waals surface area contributed by atoms with Crippen LogP contribution in [0.3, 0.4) is 0 Å². The van der Waals surface area contributed by atoms with Crippen molar-refractivity contribution in [2.45, 2.75) is 0 Å². The highest BCUT2D eigenvalue weighted by atomic mass is 16.3. The summed E-state index contributed by atoms with van der Waals surface area (Å²) in [7, 11) is 0. The Labute approximate surface area is 161 Å². The van der Waals surface area contributed by atoms with Crippen LogP contribution in [0.4, 0.5) is 5.69 Å². The molecular weight excluding hydrogens is 352 g/mol. The van der Waals surface area contributed by atoms with E-state index in [4.69, 9.17) is 4.42 Å². The Kier molecular flexibility index (Phi) is 4.18. The number of H-pyrrole nitrogens is 1. The van der Waals surface area contributed by atoms with Crippen molar-refractivity contribution in [1.82, 2.24) is 15.3 Å². The van der Waals surface area contributed by atoms with Gasteiger partial charge in [0.25, 0.3) is 0 Å². The Morgan fingerprint density at radius 3 is 2.50 bits per heavy atom. The molecular formula is C22H20N4O2. The lowest BCUT2D eigenvalue weighted by Crippen LogP contribution is -2.43. The van der Waals surface area contributed by atoms with Crippen LogP contribution < -0.4 is 15.8 Å². The molecule has 6 nitrogen and oxygen atoms in total. The Bertz CT molecular complexity index is 1150. The fraction of sp³-hybridized carbons (Fsp3) is 0.182. The molecule has 0 bridgehead atoms. The molecule has 0 atom stereocenters. The van der Waals surface area contributed by atoms with E-state index in [2.05, 4.69) is 44.5 Å². The maximum absolute atomic E-state index is 11.3. The van der Waals surface area contributed by atoms with Gasteiger partial charge in [-0.2, -0.15) is 0 Å². The lowest BCUT2D eigenvalue weighted by molar-refractivity contribution is 0.589. The third-order valence-corrected chi connectivity index (χ3v) is 5.14. The summed E-state index contributed by atoms with van der Waals surface area (Å²) in [5.74, 6) is 0.784. The summed E-state index contributed by atoms with van der Waals surface area (Å²) in [5.41, 5.74) is 5.43. The normalized spacial score (nSPS) is 14.5. The summed E-state index contributed by atoms with van der Waals surface area (Å²) in [5, 5.41) is 3.38. The second-order valence-corrected chi connectivity index (χ2v) is 6.91. The van der Waals surface area contributed by atoms with E-state index in [0.717, 1.165) is 59.7 Å². The number of hydrogen-bond acceptors (Lipinski definition) is 5. The molecule has 3 aromatic heterocycles. The number of anilines is 1. The molecule has 5 rings (SSSR count). The van der Waals surface area contributed by atoms with Crippen LogP contribution in [0.15, 0.2) is 70.1 Å². The van der Waals surface area contributed by atoms with Crippen LogP contribution in [0.1, 0.15) is 0 Å². The summed E-state index contributed by atoms with van der Waals surface area (Å²) >= 11 is 0. The molecule has 1 aromatic carbocycles. The van der Waals surface area contributed by atoms with Crippen LogP contribution in [0.2, 0.25) is 0 Å². The number of fused-ring (bicyclic) bond motifs is 1. The van der Waals surface area contributed by atoms with Crippen LogP contribution in [0, 0.1) is 0 Å². The third kappa shape index (κ3) is 3.08. The van der Waals surface area contributed by atoms with Crippen LogP contribution >= 0.6 is 0 Å². The first kappa shape index (κ1) is 16.8. The average Bonchev–Trinajstić information content (AvgIpc) is 3.20. The van der Waals surface area contributed by atoms with E-state index < -0.39 is 0 Å². The highest BCUT2D eigenvalue weighted by molar-refractivity contribution is 5.92. The first-order valence-corrected chi connectivity index (χ1v) is 9.42. The van der Waals surface area contributed by atoms with Gasteiger partial charge in [-0.05, 0) is 36.4 Å². The van der Waals surface area contributed by atoms with Crippen molar-refractivity contribution in [3.05, 3.63) is 71.3 Å². The van der Waals surface area contributed by atoms with Crippen LogP contribution in [0.5, 0.6) is 0 Å². The highest BCUT2D eigenvalue weighted by Gasteiger charge is 2.14. The monoisotopic (exact) mass is 372 g/mol.